The molecule has 0 fully saturated rings. The fourth-order valence-corrected chi connectivity index (χ4v) is 2.58. The Labute approximate surface area is 115 Å². The molecule has 0 spiro atoms. The largest absolute Gasteiger partial charge is 0.390 e. The first-order valence-corrected chi connectivity index (χ1v) is 6.93. The maximum Gasteiger partial charge on any atom is 0.0842 e. The van der Waals surface area contributed by atoms with Crippen molar-refractivity contribution in [3.8, 4) is 0 Å². The SMILES string of the molecule is CCCC(OC)C(O)Cc1cccc2ccccc12. The molecule has 2 aromatic carbocycles. The first-order chi connectivity index (χ1) is 9.26. The zero-order valence-electron chi connectivity index (χ0n) is 11.7. The fourth-order valence-electron chi connectivity index (χ4n) is 2.58. The number of aliphatic hydroxyl groups is 1. The van der Waals surface area contributed by atoms with E-state index in [1.54, 1.807) is 7.11 Å². The molecular formula is C17H22O2. The Bertz CT molecular complexity index is 516. The minimum atomic E-state index is -0.448. The Balaban J connectivity index is 2.21. The Morgan fingerprint density at radius 3 is 2.58 bits per heavy atom. The van der Waals surface area contributed by atoms with Crippen LogP contribution in [0.3, 0.4) is 0 Å². The highest BCUT2D eigenvalue weighted by Gasteiger charge is 2.18. The standard InChI is InChI=1S/C17H22O2/c1-3-7-17(19-2)16(18)12-14-10-6-9-13-8-4-5-11-15(13)14/h4-6,8-11,16-18H,3,7,12H2,1-2H3. The lowest BCUT2D eigenvalue weighted by Gasteiger charge is -2.21. The number of rotatable bonds is 6. The zero-order valence-corrected chi connectivity index (χ0v) is 11.7. The Morgan fingerprint density at radius 2 is 1.84 bits per heavy atom. The van der Waals surface area contributed by atoms with Crippen molar-refractivity contribution >= 4 is 10.8 Å². The van der Waals surface area contributed by atoms with Gasteiger partial charge in [-0.25, -0.2) is 0 Å². The molecule has 0 aromatic heterocycles. The van der Waals surface area contributed by atoms with Gasteiger partial charge >= 0.3 is 0 Å². The summed E-state index contributed by atoms with van der Waals surface area (Å²) in [6, 6.07) is 14.5. The maximum atomic E-state index is 10.3. The van der Waals surface area contributed by atoms with E-state index in [1.807, 2.05) is 18.2 Å². The second kappa shape index (κ2) is 6.69. The van der Waals surface area contributed by atoms with E-state index < -0.39 is 6.10 Å². The average Bonchev–Trinajstić information content (AvgIpc) is 2.45. The van der Waals surface area contributed by atoms with Crippen LogP contribution in [0.1, 0.15) is 25.3 Å². The smallest absolute Gasteiger partial charge is 0.0842 e. The van der Waals surface area contributed by atoms with E-state index >= 15 is 0 Å². The van der Waals surface area contributed by atoms with Gasteiger partial charge < -0.3 is 9.84 Å². The molecule has 1 N–H and O–H groups in total. The highest BCUT2D eigenvalue weighted by Crippen LogP contribution is 2.21. The van der Waals surface area contributed by atoms with Crippen LogP contribution < -0.4 is 0 Å². The molecular weight excluding hydrogens is 236 g/mol. The molecule has 0 aliphatic heterocycles. The van der Waals surface area contributed by atoms with Crippen LogP contribution in [0, 0.1) is 0 Å². The van der Waals surface area contributed by atoms with Crippen molar-refractivity contribution < 1.29 is 9.84 Å². The molecule has 0 saturated carbocycles. The van der Waals surface area contributed by atoms with Crippen molar-refractivity contribution in [2.24, 2.45) is 0 Å². The van der Waals surface area contributed by atoms with Crippen molar-refractivity contribution in [3.63, 3.8) is 0 Å². The maximum absolute atomic E-state index is 10.3. The zero-order chi connectivity index (χ0) is 13.7. The molecule has 2 aromatic rings. The molecule has 0 heterocycles. The second-order valence-corrected chi connectivity index (χ2v) is 4.97. The third-order valence-electron chi connectivity index (χ3n) is 3.61. The van der Waals surface area contributed by atoms with Gasteiger partial charge in [0.2, 0.25) is 0 Å². The van der Waals surface area contributed by atoms with Gasteiger partial charge in [-0.05, 0) is 22.8 Å². The van der Waals surface area contributed by atoms with Crippen molar-refractivity contribution in [2.75, 3.05) is 7.11 Å². The summed E-state index contributed by atoms with van der Waals surface area (Å²) in [6.07, 6.45) is 2.02. The minimum Gasteiger partial charge on any atom is -0.390 e. The second-order valence-electron chi connectivity index (χ2n) is 4.97. The molecule has 2 atom stereocenters. The minimum absolute atomic E-state index is 0.0797. The van der Waals surface area contributed by atoms with Gasteiger partial charge in [0.25, 0.3) is 0 Å². The van der Waals surface area contributed by atoms with Crippen LogP contribution in [-0.2, 0) is 11.2 Å². The summed E-state index contributed by atoms with van der Waals surface area (Å²) in [6.45, 7) is 2.11. The molecule has 102 valence electrons. The molecule has 2 nitrogen and oxygen atoms in total. The van der Waals surface area contributed by atoms with Gasteiger partial charge in [-0.3, -0.25) is 0 Å². The first kappa shape index (κ1) is 14.0. The molecule has 2 rings (SSSR count). The predicted molar refractivity (Wildman–Crippen MR) is 79.4 cm³/mol. The highest BCUT2D eigenvalue weighted by molar-refractivity contribution is 5.85. The number of hydrogen-bond acceptors (Lipinski definition) is 2. The van der Waals surface area contributed by atoms with E-state index in [0.717, 1.165) is 12.8 Å². The van der Waals surface area contributed by atoms with Crippen LogP contribution in [-0.4, -0.2) is 24.4 Å². The molecule has 0 amide bonds. The summed E-state index contributed by atoms with van der Waals surface area (Å²) in [5.74, 6) is 0. The number of benzene rings is 2. The molecule has 0 aliphatic carbocycles. The normalized spacial score (nSPS) is 14.5. The van der Waals surface area contributed by atoms with Crippen molar-refractivity contribution in [1.82, 2.24) is 0 Å². The van der Waals surface area contributed by atoms with Gasteiger partial charge in [0.15, 0.2) is 0 Å². The topological polar surface area (TPSA) is 29.5 Å². The number of hydrogen-bond donors (Lipinski definition) is 1. The van der Waals surface area contributed by atoms with Gasteiger partial charge in [0, 0.05) is 13.5 Å². The summed E-state index contributed by atoms with van der Waals surface area (Å²) >= 11 is 0. The van der Waals surface area contributed by atoms with E-state index in [4.69, 9.17) is 4.74 Å². The van der Waals surface area contributed by atoms with E-state index in [1.165, 1.54) is 16.3 Å². The molecule has 2 unspecified atom stereocenters. The monoisotopic (exact) mass is 258 g/mol. The fraction of sp³-hybridized carbons (Fsp3) is 0.412. The van der Waals surface area contributed by atoms with Crippen LogP contribution in [0.5, 0.6) is 0 Å². The third-order valence-corrected chi connectivity index (χ3v) is 3.61. The van der Waals surface area contributed by atoms with Crippen LogP contribution >= 0.6 is 0 Å². The lowest BCUT2D eigenvalue weighted by atomic mass is 9.96. The van der Waals surface area contributed by atoms with E-state index in [2.05, 4.69) is 31.2 Å². The van der Waals surface area contributed by atoms with E-state index in [9.17, 15) is 5.11 Å². The molecule has 0 radical (unpaired) electrons. The van der Waals surface area contributed by atoms with E-state index in [-0.39, 0.29) is 6.10 Å². The number of ether oxygens (including phenoxy) is 1. The van der Waals surface area contributed by atoms with Crippen LogP contribution in [0.4, 0.5) is 0 Å². The van der Waals surface area contributed by atoms with E-state index in [0.29, 0.717) is 6.42 Å². The highest BCUT2D eigenvalue weighted by atomic mass is 16.5. The lowest BCUT2D eigenvalue weighted by molar-refractivity contribution is -0.0157. The van der Waals surface area contributed by atoms with Crippen LogP contribution in [0.25, 0.3) is 10.8 Å². The van der Waals surface area contributed by atoms with Gasteiger partial charge in [0.1, 0.15) is 0 Å². The van der Waals surface area contributed by atoms with Gasteiger partial charge in [-0.1, -0.05) is 55.8 Å². The van der Waals surface area contributed by atoms with Gasteiger partial charge in [0.05, 0.1) is 12.2 Å². The average molecular weight is 258 g/mol. The Kier molecular flexibility index (Phi) is 4.94. The summed E-state index contributed by atoms with van der Waals surface area (Å²) in [5.41, 5.74) is 1.18. The van der Waals surface area contributed by atoms with Crippen molar-refractivity contribution in [2.45, 2.75) is 38.4 Å². The molecule has 0 aliphatic rings. The molecule has 2 heteroatoms. The Hall–Kier alpha value is -1.38. The molecule has 0 bridgehead atoms. The molecule has 19 heavy (non-hydrogen) atoms. The Morgan fingerprint density at radius 1 is 1.11 bits per heavy atom. The number of methoxy groups -OCH3 is 1. The predicted octanol–water partition coefficient (Wildman–Crippen LogP) is 3.56. The third kappa shape index (κ3) is 3.34. The number of fused-ring (bicyclic) bond motifs is 1. The van der Waals surface area contributed by atoms with Crippen LogP contribution in [0.2, 0.25) is 0 Å². The summed E-state index contributed by atoms with van der Waals surface area (Å²) in [5, 5.41) is 12.8. The van der Waals surface area contributed by atoms with Crippen molar-refractivity contribution in [3.05, 3.63) is 48.0 Å². The molecule has 0 saturated heterocycles. The van der Waals surface area contributed by atoms with Gasteiger partial charge in [-0.2, -0.15) is 0 Å². The summed E-state index contributed by atoms with van der Waals surface area (Å²) in [4.78, 5) is 0. The van der Waals surface area contributed by atoms with Crippen molar-refractivity contribution in [1.29, 1.82) is 0 Å². The number of aliphatic hydroxyl groups excluding tert-OH is 1. The summed E-state index contributed by atoms with van der Waals surface area (Å²) < 4.78 is 5.39. The van der Waals surface area contributed by atoms with Gasteiger partial charge in [-0.15, -0.1) is 0 Å². The quantitative estimate of drug-likeness (QED) is 0.858. The first-order valence-electron chi connectivity index (χ1n) is 6.93. The lowest BCUT2D eigenvalue weighted by Crippen LogP contribution is -2.29. The van der Waals surface area contributed by atoms with Crippen LogP contribution in [0.15, 0.2) is 42.5 Å². The summed E-state index contributed by atoms with van der Waals surface area (Å²) in [7, 11) is 1.67.